The highest BCUT2D eigenvalue weighted by atomic mass is 16.6. The number of ether oxygens (including phenoxy) is 8. The number of nitrogens with zero attached hydrogens (tertiary/aromatic N) is 1. The minimum atomic E-state index is -0.528. The lowest BCUT2D eigenvalue weighted by atomic mass is 9.85. The third kappa shape index (κ3) is 15.4. The van der Waals surface area contributed by atoms with Gasteiger partial charge in [0.2, 0.25) is 0 Å². The van der Waals surface area contributed by atoms with Gasteiger partial charge in [-0.1, -0.05) is 57.7 Å². The van der Waals surface area contributed by atoms with Crippen LogP contribution in [0.1, 0.15) is 36.7 Å². The fourth-order valence-corrected chi connectivity index (χ4v) is 6.77. The Morgan fingerprint density at radius 2 is 1.51 bits per heavy atom. The van der Waals surface area contributed by atoms with Crippen molar-refractivity contribution in [3.05, 3.63) is 114 Å². The van der Waals surface area contributed by atoms with Gasteiger partial charge >= 0.3 is 6.03 Å². The van der Waals surface area contributed by atoms with E-state index in [1.54, 1.807) is 62.8 Å². The fraction of sp³-hybridized carbons (Fsp3) is 0.388. The lowest BCUT2D eigenvalue weighted by Crippen LogP contribution is -2.41. The number of anilines is 3. The number of nitrogens with two attached hydrogens (primary N) is 1. The Balaban J connectivity index is 1.27. The Labute approximate surface area is 382 Å². The molecule has 0 spiro atoms. The van der Waals surface area contributed by atoms with Crippen LogP contribution in [0.25, 0.3) is 10.8 Å². The summed E-state index contributed by atoms with van der Waals surface area (Å²) in [7, 11) is 4.68. The van der Waals surface area contributed by atoms with Crippen molar-refractivity contribution in [1.82, 2.24) is 10.2 Å². The number of fused-ring (bicyclic) bond motifs is 1. The summed E-state index contributed by atoms with van der Waals surface area (Å²) < 4.78 is 45.0. The smallest absolute Gasteiger partial charge is 0.323 e. The standard InChI is InChI=1S/C49H64N6O10/c1-8-11-36(33-45(50)52-35-30-37(59-6)32-38(31-35)64-27-26-63-25-24-62-23-22-58-5)65-44-15-14-42(39-12-9-10-13-40(39)44)53-48(57)54-43-29-34(49(2,3)4)28-41(46(43)60-7)47(56)51-16-17-55-18-20-61-21-19-55/h8-15,28-33,52H,1,16-27,50H2,2-7H3,(H,51,56)(H2,53,54,57)/b36-11+,45-33+. The first-order chi connectivity index (χ1) is 31.4. The van der Waals surface area contributed by atoms with E-state index < -0.39 is 6.03 Å². The van der Waals surface area contributed by atoms with Crippen LogP contribution in [0.2, 0.25) is 0 Å². The summed E-state index contributed by atoms with van der Waals surface area (Å²) in [6.45, 7) is 16.8. The van der Waals surface area contributed by atoms with Gasteiger partial charge in [-0.2, -0.15) is 0 Å². The third-order valence-corrected chi connectivity index (χ3v) is 10.1. The first-order valence-electron chi connectivity index (χ1n) is 21.5. The maximum atomic E-state index is 13.8. The van der Waals surface area contributed by atoms with E-state index in [1.165, 1.54) is 7.11 Å². The molecular weight excluding hydrogens is 833 g/mol. The molecule has 65 heavy (non-hydrogen) atoms. The number of hydrogen-bond acceptors (Lipinski definition) is 13. The molecule has 3 amide bonds. The van der Waals surface area contributed by atoms with Crippen LogP contribution in [-0.4, -0.2) is 117 Å². The normalized spacial score (nSPS) is 13.5. The Kier molecular flexibility index (Phi) is 19.3. The number of amides is 3. The Morgan fingerprint density at radius 1 is 0.815 bits per heavy atom. The van der Waals surface area contributed by atoms with Crippen LogP contribution in [0.3, 0.4) is 0 Å². The molecule has 1 aliphatic rings. The van der Waals surface area contributed by atoms with Gasteiger partial charge < -0.3 is 64.9 Å². The van der Waals surface area contributed by atoms with Crippen molar-refractivity contribution in [1.29, 1.82) is 0 Å². The van der Waals surface area contributed by atoms with E-state index in [9.17, 15) is 9.59 Å². The first kappa shape index (κ1) is 49.7. The average molecular weight is 897 g/mol. The zero-order valence-corrected chi connectivity index (χ0v) is 38.4. The molecule has 1 fully saturated rings. The molecular formula is C49H64N6O10. The zero-order valence-electron chi connectivity index (χ0n) is 38.4. The molecule has 0 atom stereocenters. The van der Waals surface area contributed by atoms with Gasteiger partial charge in [-0.15, -0.1) is 0 Å². The number of carbonyl (C=O) groups excluding carboxylic acids is 2. The second-order valence-corrected chi connectivity index (χ2v) is 15.9. The first-order valence-corrected chi connectivity index (χ1v) is 21.5. The van der Waals surface area contributed by atoms with E-state index in [2.05, 4.69) is 32.7 Å². The van der Waals surface area contributed by atoms with Crippen LogP contribution in [0.15, 0.2) is 103 Å². The molecule has 4 aromatic rings. The topological polar surface area (TPSA) is 185 Å². The van der Waals surface area contributed by atoms with E-state index in [4.69, 9.17) is 43.6 Å². The van der Waals surface area contributed by atoms with Crippen LogP contribution < -0.4 is 45.9 Å². The van der Waals surface area contributed by atoms with Gasteiger partial charge in [0.05, 0.1) is 77.4 Å². The van der Waals surface area contributed by atoms with E-state index in [0.717, 1.165) is 24.0 Å². The number of rotatable bonds is 24. The van der Waals surface area contributed by atoms with Crippen molar-refractivity contribution in [2.24, 2.45) is 5.73 Å². The monoisotopic (exact) mass is 896 g/mol. The van der Waals surface area contributed by atoms with Crippen molar-refractivity contribution >= 4 is 39.8 Å². The van der Waals surface area contributed by atoms with Gasteiger partial charge in [0.1, 0.15) is 35.4 Å². The number of benzene rings is 4. The molecule has 1 heterocycles. The second-order valence-electron chi connectivity index (χ2n) is 15.9. The van der Waals surface area contributed by atoms with Crippen molar-refractivity contribution in [2.75, 3.05) is 116 Å². The largest absolute Gasteiger partial charge is 0.497 e. The van der Waals surface area contributed by atoms with Crippen LogP contribution in [-0.2, 0) is 24.4 Å². The average Bonchev–Trinajstić information content (AvgIpc) is 3.29. The molecule has 0 bridgehead atoms. The molecule has 0 unspecified atom stereocenters. The van der Waals surface area contributed by atoms with Crippen molar-refractivity contribution < 1.29 is 47.5 Å². The summed E-state index contributed by atoms with van der Waals surface area (Å²) in [6.07, 6.45) is 4.91. The highest BCUT2D eigenvalue weighted by Crippen LogP contribution is 2.37. The predicted molar refractivity (Wildman–Crippen MR) is 255 cm³/mol. The molecule has 1 saturated heterocycles. The summed E-state index contributed by atoms with van der Waals surface area (Å²) in [5.41, 5.74) is 8.84. The predicted octanol–water partition coefficient (Wildman–Crippen LogP) is 7.28. The zero-order chi connectivity index (χ0) is 46.6. The third-order valence-electron chi connectivity index (χ3n) is 10.1. The molecule has 0 saturated carbocycles. The van der Waals surface area contributed by atoms with Crippen LogP contribution in [0, 0.1) is 0 Å². The molecule has 350 valence electrons. The highest BCUT2D eigenvalue weighted by molar-refractivity contribution is 6.09. The molecule has 16 nitrogen and oxygen atoms in total. The number of urea groups is 1. The van der Waals surface area contributed by atoms with Crippen molar-refractivity contribution in [3.8, 4) is 23.0 Å². The lowest BCUT2D eigenvalue weighted by molar-refractivity contribution is 0.0179. The quantitative estimate of drug-likeness (QED) is 0.0269. The van der Waals surface area contributed by atoms with E-state index in [0.29, 0.717) is 117 Å². The van der Waals surface area contributed by atoms with Gasteiger partial charge in [-0.25, -0.2) is 4.79 Å². The molecule has 0 aliphatic carbocycles. The lowest BCUT2D eigenvalue weighted by Gasteiger charge is -2.26. The Morgan fingerprint density at radius 3 is 2.20 bits per heavy atom. The summed E-state index contributed by atoms with van der Waals surface area (Å²) >= 11 is 0. The number of methoxy groups -OCH3 is 3. The SMILES string of the molecule is C=C/C=C(\C=C(/N)Nc1cc(OC)cc(OCCOCCOCCOC)c1)Oc1ccc(NC(=O)Nc2cc(C(C)(C)C)cc(C(=O)NCCN3CCOCC3)c2OC)c2ccccc12. The van der Waals surface area contributed by atoms with E-state index in [-0.39, 0.29) is 22.9 Å². The number of nitrogens with one attached hydrogen (secondary N) is 4. The number of allylic oxidation sites excluding steroid dienone is 3. The Hall–Kier alpha value is -6.30. The Bertz CT molecular complexity index is 2270. The molecule has 16 heteroatoms. The molecule has 0 radical (unpaired) electrons. The molecule has 1 aliphatic heterocycles. The molecule has 5 rings (SSSR count). The number of carbonyl (C=O) groups is 2. The maximum absolute atomic E-state index is 13.8. The van der Waals surface area contributed by atoms with Crippen LogP contribution >= 0.6 is 0 Å². The van der Waals surface area contributed by atoms with Crippen molar-refractivity contribution in [3.63, 3.8) is 0 Å². The number of morpholine rings is 1. The summed E-state index contributed by atoms with van der Waals surface area (Å²) in [4.78, 5) is 29.6. The van der Waals surface area contributed by atoms with Gasteiger partial charge in [0.25, 0.3) is 5.91 Å². The summed E-state index contributed by atoms with van der Waals surface area (Å²) in [5.74, 6) is 2.26. The minimum Gasteiger partial charge on any atom is -0.497 e. The fourth-order valence-electron chi connectivity index (χ4n) is 6.77. The van der Waals surface area contributed by atoms with Gasteiger partial charge in [-0.3, -0.25) is 9.69 Å². The molecule has 6 N–H and O–H groups in total. The summed E-state index contributed by atoms with van der Waals surface area (Å²) in [5, 5.41) is 13.6. The van der Waals surface area contributed by atoms with Gasteiger partial charge in [-0.05, 0) is 41.3 Å². The molecule has 4 aromatic carbocycles. The van der Waals surface area contributed by atoms with Crippen LogP contribution in [0.5, 0.6) is 23.0 Å². The van der Waals surface area contributed by atoms with Crippen LogP contribution in [0.4, 0.5) is 21.9 Å². The van der Waals surface area contributed by atoms with Gasteiger partial charge in [0.15, 0.2) is 5.75 Å². The second kappa shape index (κ2) is 25.3. The van der Waals surface area contributed by atoms with Crippen molar-refractivity contribution in [2.45, 2.75) is 26.2 Å². The highest BCUT2D eigenvalue weighted by Gasteiger charge is 2.24. The maximum Gasteiger partial charge on any atom is 0.323 e. The van der Waals surface area contributed by atoms with E-state index in [1.807, 2.05) is 57.2 Å². The minimum absolute atomic E-state index is 0.256. The number of hydrogen-bond donors (Lipinski definition) is 5. The molecule has 0 aromatic heterocycles. The van der Waals surface area contributed by atoms with E-state index >= 15 is 0 Å². The van der Waals surface area contributed by atoms with Gasteiger partial charge in [0, 0.05) is 74.0 Å². The summed E-state index contributed by atoms with van der Waals surface area (Å²) in [6, 6.07) is 19.5.